The molecule has 1 aromatic heterocycles. The Labute approximate surface area is 163 Å². The number of hydrogen-bond donors (Lipinski definition) is 2. The van der Waals surface area contributed by atoms with Crippen LogP contribution in [0.2, 0.25) is 0 Å². The minimum absolute atomic E-state index is 0.0913. The average molecular weight is 378 g/mol. The van der Waals surface area contributed by atoms with E-state index in [0.29, 0.717) is 25.1 Å². The van der Waals surface area contributed by atoms with Crippen molar-refractivity contribution >= 4 is 5.91 Å². The van der Waals surface area contributed by atoms with E-state index in [2.05, 4.69) is 15.6 Å². The van der Waals surface area contributed by atoms with Crippen LogP contribution in [0.4, 0.5) is 4.39 Å². The van der Waals surface area contributed by atoms with Crippen molar-refractivity contribution in [2.75, 3.05) is 13.1 Å². The maximum absolute atomic E-state index is 14.2. The molecule has 0 spiro atoms. The van der Waals surface area contributed by atoms with Gasteiger partial charge in [0.15, 0.2) is 0 Å². The second-order valence-electron chi connectivity index (χ2n) is 7.37. The van der Waals surface area contributed by atoms with E-state index >= 15 is 0 Å². The number of carbonyl (C=O) groups is 1. The van der Waals surface area contributed by atoms with Crippen molar-refractivity contribution < 1.29 is 9.18 Å². The number of aromatic nitrogens is 2. The van der Waals surface area contributed by atoms with E-state index in [4.69, 9.17) is 0 Å². The van der Waals surface area contributed by atoms with Gasteiger partial charge in [-0.15, -0.1) is 0 Å². The molecule has 1 aliphatic rings. The van der Waals surface area contributed by atoms with Crippen molar-refractivity contribution in [3.8, 4) is 0 Å². The summed E-state index contributed by atoms with van der Waals surface area (Å²) in [5.41, 5.74) is 0.853. The lowest BCUT2D eigenvalue weighted by Gasteiger charge is -2.42. The zero-order chi connectivity index (χ0) is 19.6. The van der Waals surface area contributed by atoms with Crippen molar-refractivity contribution in [3.63, 3.8) is 0 Å². The molecule has 6 heteroatoms. The van der Waals surface area contributed by atoms with E-state index in [1.165, 1.54) is 6.07 Å². The highest BCUT2D eigenvalue weighted by molar-refractivity contribution is 5.85. The highest BCUT2D eigenvalue weighted by atomic mass is 19.1. The van der Waals surface area contributed by atoms with Crippen LogP contribution in [0.15, 0.2) is 67.0 Å². The molecule has 5 nitrogen and oxygen atoms in total. The zero-order valence-corrected chi connectivity index (χ0v) is 15.7. The van der Waals surface area contributed by atoms with Crippen LogP contribution in [0.1, 0.15) is 23.0 Å². The molecule has 28 heavy (non-hydrogen) atoms. The summed E-state index contributed by atoms with van der Waals surface area (Å²) in [6, 6.07) is 16.1. The van der Waals surface area contributed by atoms with E-state index in [9.17, 15) is 9.18 Å². The Morgan fingerprint density at radius 1 is 1.21 bits per heavy atom. The third kappa shape index (κ3) is 3.43. The number of benzene rings is 2. The number of halogens is 1. The van der Waals surface area contributed by atoms with Crippen molar-refractivity contribution in [2.24, 2.45) is 12.5 Å². The molecule has 2 heterocycles. The molecule has 3 aromatic rings. The standard InChI is InChI=1S/C22H23FN4O/c1-27-12-11-25-20(27)19(16-7-3-2-4-8-16)26-21(28)22(14-24-15-22)13-17-9-5-6-10-18(17)23/h2-12,19,24H,13-15H2,1H3,(H,26,28). The number of aryl methyl sites for hydroxylation is 1. The molecule has 1 atom stereocenters. The number of hydrogen-bond acceptors (Lipinski definition) is 3. The monoisotopic (exact) mass is 378 g/mol. The second kappa shape index (κ2) is 7.56. The van der Waals surface area contributed by atoms with Gasteiger partial charge in [-0.25, -0.2) is 9.37 Å². The first-order valence-corrected chi connectivity index (χ1v) is 9.36. The summed E-state index contributed by atoms with van der Waals surface area (Å²) >= 11 is 0. The van der Waals surface area contributed by atoms with E-state index < -0.39 is 5.41 Å². The van der Waals surface area contributed by atoms with Crippen LogP contribution in [-0.4, -0.2) is 28.5 Å². The average Bonchev–Trinajstić information content (AvgIpc) is 3.10. The first-order chi connectivity index (χ1) is 13.6. The minimum atomic E-state index is -0.666. The predicted octanol–water partition coefficient (Wildman–Crippen LogP) is 2.60. The summed E-state index contributed by atoms with van der Waals surface area (Å²) in [4.78, 5) is 17.8. The molecule has 0 bridgehead atoms. The fourth-order valence-electron chi connectivity index (χ4n) is 3.68. The van der Waals surface area contributed by atoms with Gasteiger partial charge in [0.2, 0.25) is 5.91 Å². The van der Waals surface area contributed by atoms with Gasteiger partial charge in [-0.05, 0) is 23.6 Å². The van der Waals surface area contributed by atoms with Crippen LogP contribution in [-0.2, 0) is 18.3 Å². The fraction of sp³-hybridized carbons (Fsp3) is 0.273. The number of amides is 1. The van der Waals surface area contributed by atoms with Gasteiger partial charge in [0.05, 0.1) is 5.41 Å². The Bertz CT molecular complexity index is 965. The lowest BCUT2D eigenvalue weighted by molar-refractivity contribution is -0.134. The van der Waals surface area contributed by atoms with Crippen LogP contribution in [0.3, 0.4) is 0 Å². The molecule has 1 aliphatic heterocycles. The second-order valence-corrected chi connectivity index (χ2v) is 7.37. The van der Waals surface area contributed by atoms with Gasteiger partial charge in [0, 0.05) is 32.5 Å². The molecule has 1 saturated heterocycles. The first-order valence-electron chi connectivity index (χ1n) is 9.36. The zero-order valence-electron chi connectivity index (χ0n) is 15.7. The van der Waals surface area contributed by atoms with Crippen molar-refractivity contribution in [2.45, 2.75) is 12.5 Å². The van der Waals surface area contributed by atoms with Gasteiger partial charge in [0.1, 0.15) is 17.7 Å². The number of nitrogens with zero attached hydrogens (tertiary/aromatic N) is 2. The van der Waals surface area contributed by atoms with Gasteiger partial charge in [-0.2, -0.15) is 0 Å². The number of carbonyl (C=O) groups excluding carboxylic acids is 1. The molecule has 0 radical (unpaired) electrons. The van der Waals surface area contributed by atoms with Gasteiger partial charge in [0.25, 0.3) is 0 Å². The van der Waals surface area contributed by atoms with Crippen molar-refractivity contribution in [1.29, 1.82) is 0 Å². The van der Waals surface area contributed by atoms with Crippen LogP contribution >= 0.6 is 0 Å². The normalized spacial score (nSPS) is 16.2. The predicted molar refractivity (Wildman–Crippen MR) is 105 cm³/mol. The fourth-order valence-corrected chi connectivity index (χ4v) is 3.68. The summed E-state index contributed by atoms with van der Waals surface area (Å²) < 4.78 is 16.1. The van der Waals surface area contributed by atoms with Crippen molar-refractivity contribution in [1.82, 2.24) is 20.2 Å². The maximum Gasteiger partial charge on any atom is 0.229 e. The van der Waals surface area contributed by atoms with Gasteiger partial charge < -0.3 is 15.2 Å². The van der Waals surface area contributed by atoms with Gasteiger partial charge >= 0.3 is 0 Å². The lowest BCUT2D eigenvalue weighted by Crippen LogP contribution is -2.63. The molecule has 144 valence electrons. The highest BCUT2D eigenvalue weighted by Gasteiger charge is 2.45. The molecule has 4 rings (SSSR count). The number of nitrogens with one attached hydrogen (secondary N) is 2. The summed E-state index contributed by atoms with van der Waals surface area (Å²) in [5, 5.41) is 6.35. The summed E-state index contributed by atoms with van der Waals surface area (Å²) in [7, 11) is 1.91. The smallest absolute Gasteiger partial charge is 0.229 e. The topological polar surface area (TPSA) is 59.0 Å². The highest BCUT2D eigenvalue weighted by Crippen LogP contribution is 2.31. The first kappa shape index (κ1) is 18.4. The molecule has 2 N–H and O–H groups in total. The summed E-state index contributed by atoms with van der Waals surface area (Å²) in [6.07, 6.45) is 3.94. The summed E-state index contributed by atoms with van der Waals surface area (Å²) in [5.74, 6) is 0.393. The SMILES string of the molecule is Cn1ccnc1C(NC(=O)C1(Cc2ccccc2F)CNC1)c1ccccc1. The molecule has 1 amide bonds. The molecule has 1 fully saturated rings. The van der Waals surface area contributed by atoms with E-state index in [-0.39, 0.29) is 17.8 Å². The Morgan fingerprint density at radius 2 is 1.93 bits per heavy atom. The molecular weight excluding hydrogens is 355 g/mol. The Balaban J connectivity index is 1.62. The van der Waals surface area contributed by atoms with E-state index in [0.717, 1.165) is 11.4 Å². The van der Waals surface area contributed by atoms with E-state index in [1.54, 1.807) is 24.4 Å². The quantitative estimate of drug-likeness (QED) is 0.693. The molecule has 0 aliphatic carbocycles. The molecule has 1 unspecified atom stereocenters. The number of imidazole rings is 1. The summed E-state index contributed by atoms with van der Waals surface area (Å²) in [6.45, 7) is 1.05. The minimum Gasteiger partial charge on any atom is -0.342 e. The Kier molecular flexibility index (Phi) is 4.96. The van der Waals surface area contributed by atoms with Gasteiger partial charge in [-0.3, -0.25) is 4.79 Å². The van der Waals surface area contributed by atoms with Crippen LogP contribution in [0.5, 0.6) is 0 Å². The van der Waals surface area contributed by atoms with Gasteiger partial charge in [-0.1, -0.05) is 48.5 Å². The number of rotatable bonds is 6. The largest absolute Gasteiger partial charge is 0.342 e. The molecule has 2 aromatic carbocycles. The Morgan fingerprint density at radius 3 is 2.54 bits per heavy atom. The lowest BCUT2D eigenvalue weighted by atomic mass is 9.75. The third-order valence-corrected chi connectivity index (χ3v) is 5.42. The molecule has 0 saturated carbocycles. The maximum atomic E-state index is 14.2. The van der Waals surface area contributed by atoms with Crippen LogP contribution < -0.4 is 10.6 Å². The van der Waals surface area contributed by atoms with E-state index in [1.807, 2.05) is 48.1 Å². The van der Waals surface area contributed by atoms with Crippen LogP contribution in [0.25, 0.3) is 0 Å². The molecular formula is C22H23FN4O. The Hall–Kier alpha value is -2.99. The van der Waals surface area contributed by atoms with Crippen molar-refractivity contribution in [3.05, 3.63) is 89.8 Å². The third-order valence-electron chi connectivity index (χ3n) is 5.42. The van der Waals surface area contributed by atoms with Crippen LogP contribution in [0, 0.1) is 11.2 Å².